The van der Waals surface area contributed by atoms with Gasteiger partial charge in [-0.25, -0.2) is 10.6 Å². The van der Waals surface area contributed by atoms with Crippen molar-refractivity contribution in [3.63, 3.8) is 0 Å². The molecule has 1 fully saturated rings. The molecule has 0 aromatic carbocycles. The number of carbonyl (C=O) groups excluding carboxylic acids is 1. The molecule has 20 heavy (non-hydrogen) atoms. The summed E-state index contributed by atoms with van der Waals surface area (Å²) < 4.78 is 5.25. The van der Waals surface area contributed by atoms with E-state index in [1.807, 2.05) is 4.90 Å². The van der Waals surface area contributed by atoms with Crippen molar-refractivity contribution in [3.05, 3.63) is 0 Å². The molecule has 1 heterocycles. The molecule has 2 amide bonds. The predicted molar refractivity (Wildman–Crippen MR) is 73.0 cm³/mol. The maximum absolute atomic E-state index is 12.0. The van der Waals surface area contributed by atoms with Crippen molar-refractivity contribution in [2.24, 2.45) is 5.84 Å². The van der Waals surface area contributed by atoms with E-state index in [2.05, 4.69) is 5.43 Å². The van der Waals surface area contributed by atoms with Crippen molar-refractivity contribution in [2.45, 2.75) is 32.4 Å². The summed E-state index contributed by atoms with van der Waals surface area (Å²) in [5, 5.41) is 9.42. The van der Waals surface area contributed by atoms with Gasteiger partial charge in [-0.05, 0) is 20.8 Å². The Hall–Kier alpha value is -1.38. The van der Waals surface area contributed by atoms with E-state index in [4.69, 9.17) is 10.6 Å². The fraction of sp³-hybridized carbons (Fsp3) is 0.833. The number of carboxylic acid groups (broad SMARTS) is 1. The number of carbonyl (C=O) groups is 2. The summed E-state index contributed by atoms with van der Waals surface area (Å²) >= 11 is 0. The zero-order valence-electron chi connectivity index (χ0n) is 12.3. The van der Waals surface area contributed by atoms with E-state index in [-0.39, 0.29) is 0 Å². The minimum absolute atomic E-state index is 0.302. The number of morpholine rings is 1. The maximum atomic E-state index is 12.0. The molecular formula is C12H24N4O4. The lowest BCUT2D eigenvalue weighted by Crippen LogP contribution is -2.61. The van der Waals surface area contributed by atoms with Gasteiger partial charge >= 0.3 is 6.09 Å². The van der Waals surface area contributed by atoms with Gasteiger partial charge in [-0.15, -0.1) is 0 Å². The molecule has 116 valence electrons. The molecule has 0 spiro atoms. The molecule has 8 nitrogen and oxygen atoms in total. The third-order valence-electron chi connectivity index (χ3n) is 3.22. The molecule has 0 bridgehead atoms. The van der Waals surface area contributed by atoms with Gasteiger partial charge in [0.2, 0.25) is 0 Å². The van der Waals surface area contributed by atoms with Gasteiger partial charge in [-0.2, -0.15) is 0 Å². The van der Waals surface area contributed by atoms with Crippen LogP contribution in [0.5, 0.6) is 0 Å². The minimum atomic E-state index is -1.14. The first-order chi connectivity index (χ1) is 9.27. The molecule has 1 saturated heterocycles. The van der Waals surface area contributed by atoms with Crippen LogP contribution in [0.4, 0.5) is 4.79 Å². The number of amides is 2. The van der Waals surface area contributed by atoms with Crippen LogP contribution in [0.25, 0.3) is 0 Å². The van der Waals surface area contributed by atoms with E-state index in [1.165, 1.54) is 0 Å². The molecular weight excluding hydrogens is 264 g/mol. The van der Waals surface area contributed by atoms with Crippen LogP contribution < -0.4 is 11.3 Å². The number of nitrogens with one attached hydrogen (secondary N) is 1. The van der Waals surface area contributed by atoms with E-state index in [1.54, 1.807) is 20.8 Å². The van der Waals surface area contributed by atoms with Crippen LogP contribution in [-0.4, -0.2) is 71.3 Å². The maximum Gasteiger partial charge on any atom is 0.408 e. The smallest absolute Gasteiger partial charge is 0.408 e. The fourth-order valence-corrected chi connectivity index (χ4v) is 2.29. The standard InChI is InChI=1S/C12H24N4O4/c1-12(2,3)16(11(18)19)9(10(17)14-13)8-15-4-6-20-7-5-15/h9H,4-8,13H2,1-3H3,(H,14,17)(H,18,19)/t9-/m0/s1. The molecule has 1 aliphatic rings. The third kappa shape index (κ3) is 4.32. The van der Waals surface area contributed by atoms with Crippen molar-refractivity contribution in [1.82, 2.24) is 15.2 Å². The molecule has 0 aliphatic carbocycles. The highest BCUT2D eigenvalue weighted by molar-refractivity contribution is 5.85. The summed E-state index contributed by atoms with van der Waals surface area (Å²) in [7, 11) is 0. The zero-order valence-corrected chi connectivity index (χ0v) is 12.3. The number of nitrogens with two attached hydrogens (primary N) is 1. The molecule has 1 rings (SSSR count). The summed E-state index contributed by atoms with van der Waals surface area (Å²) in [6.07, 6.45) is -1.14. The summed E-state index contributed by atoms with van der Waals surface area (Å²) in [5.41, 5.74) is 1.36. The predicted octanol–water partition coefficient (Wildman–Crippen LogP) is -0.544. The van der Waals surface area contributed by atoms with Crippen molar-refractivity contribution in [2.75, 3.05) is 32.8 Å². The lowest BCUT2D eigenvalue weighted by Gasteiger charge is -2.41. The van der Waals surface area contributed by atoms with Crippen LogP contribution in [0.15, 0.2) is 0 Å². The SMILES string of the molecule is CC(C)(C)N(C(=O)O)[C@@H](CN1CCOCC1)C(=O)NN. The lowest BCUT2D eigenvalue weighted by atomic mass is 10.0. The van der Waals surface area contributed by atoms with E-state index >= 15 is 0 Å². The molecule has 4 N–H and O–H groups in total. The van der Waals surface area contributed by atoms with Crippen LogP contribution in [-0.2, 0) is 9.53 Å². The van der Waals surface area contributed by atoms with E-state index in [9.17, 15) is 14.7 Å². The third-order valence-corrected chi connectivity index (χ3v) is 3.22. The Labute approximate surface area is 118 Å². The Morgan fingerprint density at radius 2 is 1.95 bits per heavy atom. The highest BCUT2D eigenvalue weighted by Gasteiger charge is 2.38. The van der Waals surface area contributed by atoms with Gasteiger partial charge in [-0.1, -0.05) is 0 Å². The molecule has 8 heteroatoms. The summed E-state index contributed by atoms with van der Waals surface area (Å²) in [6, 6.07) is -0.851. The van der Waals surface area contributed by atoms with Crippen LogP contribution >= 0.6 is 0 Å². The topological polar surface area (TPSA) is 108 Å². The number of hydrogen-bond acceptors (Lipinski definition) is 5. The summed E-state index contributed by atoms with van der Waals surface area (Å²) in [5.74, 6) is 4.69. The number of hydrazine groups is 1. The first-order valence-electron chi connectivity index (χ1n) is 6.60. The monoisotopic (exact) mass is 288 g/mol. The fourth-order valence-electron chi connectivity index (χ4n) is 2.29. The minimum Gasteiger partial charge on any atom is -0.465 e. The largest absolute Gasteiger partial charge is 0.465 e. The molecule has 0 aromatic heterocycles. The first-order valence-corrected chi connectivity index (χ1v) is 6.60. The average Bonchev–Trinajstić information content (AvgIpc) is 2.36. The van der Waals surface area contributed by atoms with E-state index in [0.29, 0.717) is 32.8 Å². The van der Waals surface area contributed by atoms with Gasteiger partial charge < -0.3 is 9.84 Å². The van der Waals surface area contributed by atoms with Crippen molar-refractivity contribution in [1.29, 1.82) is 0 Å². The number of nitrogens with zero attached hydrogens (tertiary/aromatic N) is 2. The lowest BCUT2D eigenvalue weighted by molar-refractivity contribution is -0.129. The van der Waals surface area contributed by atoms with E-state index < -0.39 is 23.6 Å². The zero-order chi connectivity index (χ0) is 15.3. The molecule has 0 aromatic rings. The summed E-state index contributed by atoms with van der Waals surface area (Å²) in [4.78, 5) is 26.6. The van der Waals surface area contributed by atoms with Crippen LogP contribution in [0.2, 0.25) is 0 Å². The van der Waals surface area contributed by atoms with E-state index in [0.717, 1.165) is 4.90 Å². The Kier molecular flexibility index (Phi) is 5.73. The van der Waals surface area contributed by atoms with Crippen LogP contribution in [0.3, 0.4) is 0 Å². The number of hydrogen-bond donors (Lipinski definition) is 3. The molecule has 0 saturated carbocycles. The molecule has 0 unspecified atom stereocenters. The van der Waals surface area contributed by atoms with Crippen molar-refractivity contribution >= 4 is 12.0 Å². The van der Waals surface area contributed by atoms with Gasteiger partial charge in [0.15, 0.2) is 0 Å². The van der Waals surface area contributed by atoms with Gasteiger partial charge in [0.25, 0.3) is 5.91 Å². The second-order valence-corrected chi connectivity index (χ2v) is 5.76. The van der Waals surface area contributed by atoms with Crippen molar-refractivity contribution < 1.29 is 19.4 Å². The first kappa shape index (κ1) is 16.7. The normalized spacial score (nSPS) is 18.4. The Bertz CT molecular complexity index is 350. The van der Waals surface area contributed by atoms with Gasteiger partial charge in [0.1, 0.15) is 6.04 Å². The second kappa shape index (κ2) is 6.87. The molecule has 1 aliphatic heterocycles. The average molecular weight is 288 g/mol. The Morgan fingerprint density at radius 3 is 2.35 bits per heavy atom. The summed E-state index contributed by atoms with van der Waals surface area (Å²) in [6.45, 7) is 8.05. The molecule has 1 atom stereocenters. The van der Waals surface area contributed by atoms with Gasteiger partial charge in [-0.3, -0.25) is 20.0 Å². The van der Waals surface area contributed by atoms with Crippen molar-refractivity contribution in [3.8, 4) is 0 Å². The van der Waals surface area contributed by atoms with Gasteiger partial charge in [0, 0.05) is 25.2 Å². The second-order valence-electron chi connectivity index (χ2n) is 5.76. The highest BCUT2D eigenvalue weighted by atomic mass is 16.5. The highest BCUT2D eigenvalue weighted by Crippen LogP contribution is 2.19. The Morgan fingerprint density at radius 1 is 1.40 bits per heavy atom. The number of ether oxygens (including phenoxy) is 1. The van der Waals surface area contributed by atoms with Crippen LogP contribution in [0, 0.1) is 0 Å². The van der Waals surface area contributed by atoms with Gasteiger partial charge in [0.05, 0.1) is 13.2 Å². The quantitative estimate of drug-likeness (QED) is 0.364. The molecule has 0 radical (unpaired) electrons. The number of rotatable bonds is 4. The Balaban J connectivity index is 2.91. The van der Waals surface area contributed by atoms with Crippen LogP contribution in [0.1, 0.15) is 20.8 Å².